The molecular formula is C9H21N3. The van der Waals surface area contributed by atoms with Crippen LogP contribution in [0.4, 0.5) is 0 Å². The highest BCUT2D eigenvalue weighted by Crippen LogP contribution is 1.99. The molecule has 0 fully saturated rings. The molecule has 3 N–H and O–H groups in total. The quantitative estimate of drug-likeness (QED) is 0.488. The lowest BCUT2D eigenvalue weighted by Crippen LogP contribution is -2.45. The number of rotatable bonds is 2. The van der Waals surface area contributed by atoms with Crippen molar-refractivity contribution in [1.29, 1.82) is 0 Å². The van der Waals surface area contributed by atoms with Crippen molar-refractivity contribution in [2.45, 2.75) is 52.6 Å². The Hall–Kier alpha value is -0.730. The zero-order valence-corrected chi connectivity index (χ0v) is 8.81. The Morgan fingerprint density at radius 3 is 2.33 bits per heavy atom. The molecule has 12 heavy (non-hydrogen) atoms. The Morgan fingerprint density at radius 1 is 1.50 bits per heavy atom. The lowest BCUT2D eigenvalue weighted by Gasteiger charge is -2.21. The maximum Gasteiger partial charge on any atom is 0.189 e. The summed E-state index contributed by atoms with van der Waals surface area (Å²) in [5.74, 6) is 0.539. The fraction of sp³-hybridized carbons (Fsp3) is 0.889. The first-order valence-corrected chi connectivity index (χ1v) is 4.46. The van der Waals surface area contributed by atoms with E-state index in [1.54, 1.807) is 0 Å². The Kier molecular flexibility index (Phi) is 4.07. The van der Waals surface area contributed by atoms with E-state index in [0.29, 0.717) is 12.0 Å². The molecular weight excluding hydrogens is 150 g/mol. The summed E-state index contributed by atoms with van der Waals surface area (Å²) >= 11 is 0. The van der Waals surface area contributed by atoms with Crippen molar-refractivity contribution in [2.24, 2.45) is 10.7 Å². The van der Waals surface area contributed by atoms with Crippen LogP contribution in [-0.2, 0) is 0 Å². The van der Waals surface area contributed by atoms with Crippen LogP contribution in [0.1, 0.15) is 41.0 Å². The molecule has 0 rings (SSSR count). The molecule has 0 aliphatic rings. The molecule has 0 bridgehead atoms. The minimum absolute atomic E-state index is 0.00104. The van der Waals surface area contributed by atoms with E-state index >= 15 is 0 Å². The topological polar surface area (TPSA) is 50.4 Å². The smallest absolute Gasteiger partial charge is 0.189 e. The number of hydrogen-bond acceptors (Lipinski definition) is 1. The summed E-state index contributed by atoms with van der Waals surface area (Å²) in [6.45, 7) is 10.3. The summed E-state index contributed by atoms with van der Waals surface area (Å²) in [4.78, 5) is 4.26. The molecule has 0 saturated heterocycles. The highest BCUT2D eigenvalue weighted by atomic mass is 15.1. The Labute approximate surface area is 75.4 Å². The number of aliphatic imine (C=N–C) groups is 1. The molecule has 0 aromatic carbocycles. The van der Waals surface area contributed by atoms with Gasteiger partial charge in [-0.05, 0) is 34.1 Å². The van der Waals surface area contributed by atoms with Crippen molar-refractivity contribution in [2.75, 3.05) is 0 Å². The summed E-state index contributed by atoms with van der Waals surface area (Å²) in [6, 6.07) is 0.305. The monoisotopic (exact) mass is 171 g/mol. The maximum absolute atomic E-state index is 5.68. The van der Waals surface area contributed by atoms with Gasteiger partial charge in [0.15, 0.2) is 5.96 Å². The number of nitrogens with two attached hydrogens (primary N) is 1. The Morgan fingerprint density at radius 2 is 2.00 bits per heavy atom. The summed E-state index contributed by atoms with van der Waals surface area (Å²) in [5, 5.41) is 3.11. The first-order valence-electron chi connectivity index (χ1n) is 4.46. The predicted molar refractivity (Wildman–Crippen MR) is 54.3 cm³/mol. The van der Waals surface area contributed by atoms with E-state index in [1.165, 1.54) is 0 Å². The molecule has 0 spiro atoms. The van der Waals surface area contributed by atoms with Crippen molar-refractivity contribution >= 4 is 5.96 Å². The molecule has 0 aliphatic carbocycles. The average Bonchev–Trinajstić information content (AvgIpc) is 1.82. The lowest BCUT2D eigenvalue weighted by molar-refractivity contribution is 0.506. The highest BCUT2D eigenvalue weighted by molar-refractivity contribution is 5.78. The fourth-order valence-electron chi connectivity index (χ4n) is 0.745. The molecule has 0 aromatic heterocycles. The first kappa shape index (κ1) is 11.3. The molecule has 72 valence electrons. The van der Waals surface area contributed by atoms with Crippen LogP contribution in [0, 0.1) is 0 Å². The molecule has 0 radical (unpaired) electrons. The number of guanidine groups is 1. The average molecular weight is 171 g/mol. The van der Waals surface area contributed by atoms with Crippen LogP contribution < -0.4 is 11.1 Å². The van der Waals surface area contributed by atoms with Gasteiger partial charge in [-0.15, -0.1) is 0 Å². The summed E-state index contributed by atoms with van der Waals surface area (Å²) in [5.41, 5.74) is 5.68. The number of nitrogens with zero attached hydrogens (tertiary/aromatic N) is 1. The summed E-state index contributed by atoms with van der Waals surface area (Å²) in [7, 11) is 0. The van der Waals surface area contributed by atoms with Gasteiger partial charge in [0, 0.05) is 5.54 Å². The first-order chi connectivity index (χ1) is 5.35. The number of hydrogen-bond donors (Lipinski definition) is 2. The van der Waals surface area contributed by atoms with Crippen LogP contribution in [-0.4, -0.2) is 17.5 Å². The van der Waals surface area contributed by atoms with Crippen molar-refractivity contribution < 1.29 is 0 Å². The van der Waals surface area contributed by atoms with Gasteiger partial charge in [0.25, 0.3) is 0 Å². The van der Waals surface area contributed by atoms with E-state index in [0.717, 1.165) is 6.42 Å². The van der Waals surface area contributed by atoms with E-state index in [4.69, 9.17) is 5.73 Å². The minimum atomic E-state index is 0.00104. The molecule has 0 heterocycles. The maximum atomic E-state index is 5.68. The van der Waals surface area contributed by atoms with Crippen LogP contribution in [0.2, 0.25) is 0 Å². The highest BCUT2D eigenvalue weighted by Gasteiger charge is 2.09. The van der Waals surface area contributed by atoms with E-state index < -0.39 is 0 Å². The van der Waals surface area contributed by atoms with Crippen molar-refractivity contribution in [1.82, 2.24) is 5.32 Å². The third-order valence-electron chi connectivity index (χ3n) is 1.45. The lowest BCUT2D eigenvalue weighted by atomic mass is 10.1. The molecule has 3 heteroatoms. The molecule has 1 atom stereocenters. The molecule has 3 nitrogen and oxygen atoms in total. The SMILES string of the molecule is CCC(C)N=C(N)NC(C)(C)C. The molecule has 0 aromatic rings. The van der Waals surface area contributed by atoms with Crippen molar-refractivity contribution in [3.8, 4) is 0 Å². The van der Waals surface area contributed by atoms with Crippen LogP contribution in [0.5, 0.6) is 0 Å². The van der Waals surface area contributed by atoms with Gasteiger partial charge < -0.3 is 11.1 Å². The van der Waals surface area contributed by atoms with Gasteiger partial charge in [-0.25, -0.2) is 0 Å². The Bertz CT molecular complexity index is 156. The van der Waals surface area contributed by atoms with Crippen molar-refractivity contribution in [3.63, 3.8) is 0 Å². The minimum Gasteiger partial charge on any atom is -0.370 e. The van der Waals surface area contributed by atoms with Crippen LogP contribution in [0.15, 0.2) is 4.99 Å². The van der Waals surface area contributed by atoms with Crippen LogP contribution in [0.3, 0.4) is 0 Å². The summed E-state index contributed by atoms with van der Waals surface area (Å²) in [6.07, 6.45) is 1.02. The van der Waals surface area contributed by atoms with Crippen LogP contribution in [0.25, 0.3) is 0 Å². The van der Waals surface area contributed by atoms with E-state index in [2.05, 4.69) is 44.9 Å². The van der Waals surface area contributed by atoms with Gasteiger partial charge in [0.2, 0.25) is 0 Å². The van der Waals surface area contributed by atoms with Gasteiger partial charge in [-0.2, -0.15) is 0 Å². The second kappa shape index (κ2) is 4.33. The van der Waals surface area contributed by atoms with Gasteiger partial charge in [-0.3, -0.25) is 4.99 Å². The standard InChI is InChI=1S/C9H21N3/c1-6-7(2)11-8(10)12-9(3,4)5/h7H,6H2,1-5H3,(H3,10,11,12). The predicted octanol–water partition coefficient (Wildman–Crippen LogP) is 1.49. The Balaban J connectivity index is 4.02. The zero-order valence-electron chi connectivity index (χ0n) is 8.81. The van der Waals surface area contributed by atoms with E-state index in [-0.39, 0.29) is 5.54 Å². The molecule has 1 unspecified atom stereocenters. The van der Waals surface area contributed by atoms with E-state index in [1.807, 2.05) is 0 Å². The van der Waals surface area contributed by atoms with E-state index in [9.17, 15) is 0 Å². The fourth-order valence-corrected chi connectivity index (χ4v) is 0.745. The number of nitrogens with one attached hydrogen (secondary N) is 1. The van der Waals surface area contributed by atoms with Crippen LogP contribution >= 0.6 is 0 Å². The molecule has 0 aliphatic heterocycles. The second-order valence-corrected chi connectivity index (χ2v) is 4.15. The van der Waals surface area contributed by atoms with Crippen molar-refractivity contribution in [3.05, 3.63) is 0 Å². The van der Waals surface area contributed by atoms with Gasteiger partial charge in [0.05, 0.1) is 6.04 Å². The third kappa shape index (κ3) is 6.01. The largest absolute Gasteiger partial charge is 0.370 e. The summed E-state index contributed by atoms with van der Waals surface area (Å²) < 4.78 is 0. The second-order valence-electron chi connectivity index (χ2n) is 4.15. The zero-order chi connectivity index (χ0) is 9.78. The van der Waals surface area contributed by atoms with Gasteiger partial charge >= 0.3 is 0 Å². The third-order valence-corrected chi connectivity index (χ3v) is 1.45. The molecule has 0 amide bonds. The normalized spacial score (nSPS) is 15.9. The van der Waals surface area contributed by atoms with Gasteiger partial charge in [0.1, 0.15) is 0 Å². The molecule has 0 saturated carbocycles. The van der Waals surface area contributed by atoms with Gasteiger partial charge in [-0.1, -0.05) is 6.92 Å².